The molecule has 5 heteroatoms. The van der Waals surface area contributed by atoms with Gasteiger partial charge in [-0.3, -0.25) is 9.69 Å². The Kier molecular flexibility index (Phi) is 6.14. The molecule has 1 aliphatic heterocycles. The number of nitrogens with zero attached hydrogens (tertiary/aromatic N) is 2. The molecule has 1 saturated heterocycles. The van der Waals surface area contributed by atoms with Crippen LogP contribution in [0.2, 0.25) is 0 Å². The fourth-order valence-electron chi connectivity index (χ4n) is 4.25. The Bertz CT molecular complexity index is 823. The molecular weight excluding hydrogens is 366 g/mol. The molecule has 4 nitrogen and oxygen atoms in total. The van der Waals surface area contributed by atoms with Crippen molar-refractivity contribution in [2.24, 2.45) is 5.92 Å². The van der Waals surface area contributed by atoms with Gasteiger partial charge in [-0.1, -0.05) is 31.2 Å². The first-order valence-corrected chi connectivity index (χ1v) is 11.3. The predicted molar refractivity (Wildman–Crippen MR) is 116 cm³/mol. The Labute approximate surface area is 172 Å². The van der Waals surface area contributed by atoms with Gasteiger partial charge in [-0.25, -0.2) is 0 Å². The molecule has 1 aromatic carbocycles. The van der Waals surface area contributed by atoms with Gasteiger partial charge in [0.05, 0.1) is 5.56 Å². The summed E-state index contributed by atoms with van der Waals surface area (Å²) >= 11 is 1.76. The zero-order valence-corrected chi connectivity index (χ0v) is 17.9. The van der Waals surface area contributed by atoms with E-state index in [-0.39, 0.29) is 5.91 Å². The van der Waals surface area contributed by atoms with Crippen LogP contribution in [-0.4, -0.2) is 48.9 Å². The molecule has 1 atom stereocenters. The third kappa shape index (κ3) is 4.65. The molecule has 1 N–H and O–H groups in total. The molecule has 0 radical (unpaired) electrons. The molecule has 1 amide bonds. The van der Waals surface area contributed by atoms with E-state index in [0.717, 1.165) is 57.0 Å². The van der Waals surface area contributed by atoms with Crippen molar-refractivity contribution >= 4 is 17.2 Å². The highest BCUT2D eigenvalue weighted by Gasteiger charge is 2.23. The molecule has 0 spiro atoms. The maximum Gasteiger partial charge on any atom is 0.252 e. The average Bonchev–Trinajstić information content (AvgIpc) is 3.11. The highest BCUT2D eigenvalue weighted by molar-refractivity contribution is 7.10. The zero-order valence-electron chi connectivity index (χ0n) is 17.0. The van der Waals surface area contributed by atoms with Gasteiger partial charge in [-0.15, -0.1) is 11.3 Å². The van der Waals surface area contributed by atoms with Crippen LogP contribution in [0.25, 0.3) is 0 Å². The van der Waals surface area contributed by atoms with Crippen molar-refractivity contribution < 1.29 is 4.79 Å². The zero-order chi connectivity index (χ0) is 19.5. The Hall–Kier alpha value is -1.69. The Morgan fingerprint density at radius 2 is 2.00 bits per heavy atom. The molecular formula is C23H31N3OS. The molecule has 0 bridgehead atoms. The fraction of sp³-hybridized carbons (Fsp3) is 0.522. The van der Waals surface area contributed by atoms with E-state index < -0.39 is 0 Å². The van der Waals surface area contributed by atoms with Gasteiger partial charge in [0.1, 0.15) is 0 Å². The van der Waals surface area contributed by atoms with Crippen LogP contribution in [0, 0.1) is 5.92 Å². The van der Waals surface area contributed by atoms with Gasteiger partial charge in [0.2, 0.25) is 0 Å². The topological polar surface area (TPSA) is 35.6 Å². The summed E-state index contributed by atoms with van der Waals surface area (Å²) in [7, 11) is 2.19. The molecule has 2 aromatic rings. The molecule has 1 fully saturated rings. The van der Waals surface area contributed by atoms with Crippen LogP contribution in [-0.2, 0) is 25.9 Å². The van der Waals surface area contributed by atoms with Crippen LogP contribution >= 0.6 is 11.3 Å². The monoisotopic (exact) mass is 397 g/mol. The number of fused-ring (bicyclic) bond motifs is 1. The summed E-state index contributed by atoms with van der Waals surface area (Å²) in [5.74, 6) is 0.821. The number of piperazine rings is 1. The maximum absolute atomic E-state index is 12.7. The molecule has 1 aliphatic carbocycles. The van der Waals surface area contributed by atoms with Crippen molar-refractivity contribution in [3.63, 3.8) is 0 Å². The minimum atomic E-state index is 0.0801. The van der Waals surface area contributed by atoms with E-state index in [2.05, 4.69) is 58.7 Å². The van der Waals surface area contributed by atoms with Gasteiger partial charge in [0.15, 0.2) is 0 Å². The Balaban J connectivity index is 1.34. The van der Waals surface area contributed by atoms with E-state index in [1.165, 1.54) is 28.0 Å². The van der Waals surface area contributed by atoms with Gasteiger partial charge < -0.3 is 10.2 Å². The van der Waals surface area contributed by atoms with Gasteiger partial charge in [-0.2, -0.15) is 0 Å². The molecule has 1 unspecified atom stereocenters. The quantitative estimate of drug-likeness (QED) is 0.838. The molecule has 150 valence electrons. The lowest BCUT2D eigenvalue weighted by Gasteiger charge is -2.32. The summed E-state index contributed by atoms with van der Waals surface area (Å²) < 4.78 is 0. The second-order valence-electron chi connectivity index (χ2n) is 8.48. The lowest BCUT2D eigenvalue weighted by atomic mass is 9.88. The van der Waals surface area contributed by atoms with E-state index in [4.69, 9.17) is 0 Å². The molecule has 2 heterocycles. The van der Waals surface area contributed by atoms with Crippen LogP contribution in [0.3, 0.4) is 0 Å². The highest BCUT2D eigenvalue weighted by Crippen LogP contribution is 2.32. The fourth-order valence-corrected chi connectivity index (χ4v) is 5.49. The smallest absolute Gasteiger partial charge is 0.252 e. The van der Waals surface area contributed by atoms with E-state index in [1.54, 1.807) is 11.3 Å². The second-order valence-corrected chi connectivity index (χ2v) is 9.45. The second kappa shape index (κ2) is 8.76. The number of hydrogen-bond donors (Lipinski definition) is 1. The number of hydrogen-bond acceptors (Lipinski definition) is 4. The highest BCUT2D eigenvalue weighted by atomic mass is 32.1. The van der Waals surface area contributed by atoms with Crippen molar-refractivity contribution in [1.82, 2.24) is 15.1 Å². The summed E-state index contributed by atoms with van der Waals surface area (Å²) in [5, 5.41) is 5.20. The molecule has 2 aliphatic rings. The first-order chi connectivity index (χ1) is 13.6. The van der Waals surface area contributed by atoms with Crippen LogP contribution < -0.4 is 5.32 Å². The number of carbonyl (C=O) groups excluding carboxylic acids is 1. The van der Waals surface area contributed by atoms with Crippen molar-refractivity contribution in [1.29, 1.82) is 0 Å². The summed E-state index contributed by atoms with van der Waals surface area (Å²) in [6.07, 6.45) is 3.36. The van der Waals surface area contributed by atoms with Crippen molar-refractivity contribution in [2.45, 2.75) is 39.3 Å². The van der Waals surface area contributed by atoms with Gasteiger partial charge in [-0.05, 0) is 48.9 Å². The normalized spacial score (nSPS) is 20.7. The number of benzene rings is 1. The van der Waals surface area contributed by atoms with Crippen LogP contribution in [0.4, 0.5) is 0 Å². The molecule has 28 heavy (non-hydrogen) atoms. The number of amides is 1. The lowest BCUT2D eigenvalue weighted by Crippen LogP contribution is -2.43. The van der Waals surface area contributed by atoms with Crippen LogP contribution in [0.15, 0.2) is 29.6 Å². The van der Waals surface area contributed by atoms with Crippen molar-refractivity contribution in [3.8, 4) is 0 Å². The third-order valence-corrected chi connectivity index (χ3v) is 7.14. The van der Waals surface area contributed by atoms with E-state index >= 15 is 0 Å². The number of carbonyl (C=O) groups is 1. The average molecular weight is 398 g/mol. The maximum atomic E-state index is 12.7. The third-order valence-electron chi connectivity index (χ3n) is 6.09. The van der Waals surface area contributed by atoms with Crippen molar-refractivity contribution in [3.05, 3.63) is 56.8 Å². The lowest BCUT2D eigenvalue weighted by molar-refractivity contribution is 0.0950. The number of nitrogens with one attached hydrogen (secondary N) is 1. The van der Waals surface area contributed by atoms with Gasteiger partial charge in [0, 0.05) is 49.5 Å². The SMILES string of the molecule is CC1CCc2c(C(=O)NCc3cccc(CN4CCN(C)CC4)c3)csc2C1. The first kappa shape index (κ1) is 19.6. The number of thiophene rings is 1. The molecule has 0 saturated carbocycles. The summed E-state index contributed by atoms with van der Waals surface area (Å²) in [6.45, 7) is 8.41. The number of rotatable bonds is 5. The largest absolute Gasteiger partial charge is 0.348 e. The van der Waals surface area contributed by atoms with Crippen molar-refractivity contribution in [2.75, 3.05) is 33.2 Å². The van der Waals surface area contributed by atoms with E-state index in [9.17, 15) is 4.79 Å². The first-order valence-electron chi connectivity index (χ1n) is 10.4. The molecule has 1 aromatic heterocycles. The van der Waals surface area contributed by atoms with Crippen LogP contribution in [0.1, 0.15) is 45.3 Å². The van der Waals surface area contributed by atoms with Gasteiger partial charge >= 0.3 is 0 Å². The number of likely N-dealkylation sites (N-methyl/N-ethyl adjacent to an activating group) is 1. The van der Waals surface area contributed by atoms with E-state index in [0.29, 0.717) is 6.54 Å². The summed E-state index contributed by atoms with van der Waals surface area (Å²) in [5.41, 5.74) is 4.71. The molecule has 4 rings (SSSR count). The predicted octanol–water partition coefficient (Wildman–Crippen LogP) is 3.55. The Morgan fingerprint density at radius 1 is 1.21 bits per heavy atom. The van der Waals surface area contributed by atoms with E-state index in [1.807, 2.05) is 0 Å². The standard InChI is InChI=1S/C23H31N3OS/c1-17-6-7-20-21(16-28-22(20)12-17)23(27)24-14-18-4-3-5-19(13-18)15-26-10-8-25(2)9-11-26/h3-5,13,16-17H,6-12,14-15H2,1-2H3,(H,24,27). The summed E-state index contributed by atoms with van der Waals surface area (Å²) in [6, 6.07) is 8.66. The Morgan fingerprint density at radius 3 is 2.82 bits per heavy atom. The van der Waals surface area contributed by atoms with Crippen LogP contribution in [0.5, 0.6) is 0 Å². The minimum absolute atomic E-state index is 0.0801. The summed E-state index contributed by atoms with van der Waals surface area (Å²) in [4.78, 5) is 19.1. The van der Waals surface area contributed by atoms with Gasteiger partial charge in [0.25, 0.3) is 5.91 Å². The minimum Gasteiger partial charge on any atom is -0.348 e.